The number of hydrogen-bond acceptors (Lipinski definition) is 4. The van der Waals surface area contributed by atoms with Crippen molar-refractivity contribution in [3.8, 4) is 0 Å². The number of thiocarbonyl (C=S) groups is 1. The highest BCUT2D eigenvalue weighted by molar-refractivity contribution is 7.89. The van der Waals surface area contributed by atoms with E-state index in [9.17, 15) is 8.42 Å². The molecule has 8 heteroatoms. The van der Waals surface area contributed by atoms with E-state index >= 15 is 0 Å². The van der Waals surface area contributed by atoms with E-state index < -0.39 is 10.0 Å². The van der Waals surface area contributed by atoms with Gasteiger partial charge in [0, 0.05) is 18.8 Å². The van der Waals surface area contributed by atoms with Crippen LogP contribution in [0.3, 0.4) is 0 Å². The van der Waals surface area contributed by atoms with Gasteiger partial charge in [0.1, 0.15) is 0 Å². The number of hydrogen-bond donors (Lipinski definition) is 4. The number of benzene rings is 1. The van der Waals surface area contributed by atoms with Gasteiger partial charge in [0.2, 0.25) is 10.0 Å². The molecule has 0 atom stereocenters. The minimum absolute atomic E-state index is 0.136. The third kappa shape index (κ3) is 4.55. The monoisotopic (exact) mass is 274 g/mol. The molecule has 0 aromatic heterocycles. The Hall–Kier alpha value is -1.38. The second-order valence-corrected chi connectivity index (χ2v) is 5.46. The zero-order valence-corrected chi connectivity index (χ0v) is 10.6. The number of nitrogen functional groups attached to an aromatic ring is 1. The van der Waals surface area contributed by atoms with Crippen LogP contribution in [0.2, 0.25) is 0 Å². The summed E-state index contributed by atoms with van der Waals surface area (Å²) in [6.07, 6.45) is 0. The van der Waals surface area contributed by atoms with Crippen LogP contribution in [0.1, 0.15) is 0 Å². The highest BCUT2D eigenvalue weighted by Crippen LogP contribution is 2.10. The van der Waals surface area contributed by atoms with Gasteiger partial charge in [-0.2, -0.15) is 0 Å². The van der Waals surface area contributed by atoms with Crippen molar-refractivity contribution in [3.63, 3.8) is 0 Å². The summed E-state index contributed by atoms with van der Waals surface area (Å²) in [7, 11) is -3.50. The first-order valence-electron chi connectivity index (χ1n) is 4.80. The zero-order valence-electron chi connectivity index (χ0n) is 9.01. The number of rotatable bonds is 5. The van der Waals surface area contributed by atoms with Crippen LogP contribution in [0.25, 0.3) is 0 Å². The topological polar surface area (TPSA) is 110 Å². The first kappa shape index (κ1) is 13.7. The molecule has 0 heterocycles. The van der Waals surface area contributed by atoms with Crippen molar-refractivity contribution >= 4 is 33.0 Å². The van der Waals surface area contributed by atoms with Gasteiger partial charge < -0.3 is 16.8 Å². The van der Waals surface area contributed by atoms with E-state index in [0.717, 1.165) is 0 Å². The fourth-order valence-corrected chi connectivity index (χ4v) is 2.24. The largest absolute Gasteiger partial charge is 0.399 e. The van der Waals surface area contributed by atoms with E-state index in [1.165, 1.54) is 24.3 Å². The van der Waals surface area contributed by atoms with Crippen molar-refractivity contribution in [1.29, 1.82) is 0 Å². The molecule has 0 aliphatic heterocycles. The fraction of sp³-hybridized carbons (Fsp3) is 0.222. The van der Waals surface area contributed by atoms with E-state index in [1.54, 1.807) is 0 Å². The lowest BCUT2D eigenvalue weighted by Crippen LogP contribution is -2.37. The van der Waals surface area contributed by atoms with Crippen LogP contribution >= 0.6 is 12.2 Å². The molecule has 1 rings (SSSR count). The van der Waals surface area contributed by atoms with Gasteiger partial charge >= 0.3 is 0 Å². The Kier molecular flexibility index (Phi) is 4.67. The zero-order chi connectivity index (χ0) is 12.9. The third-order valence-corrected chi connectivity index (χ3v) is 3.53. The normalized spacial score (nSPS) is 11.1. The molecule has 94 valence electrons. The smallest absolute Gasteiger partial charge is 0.240 e. The Labute approximate surface area is 105 Å². The van der Waals surface area contributed by atoms with E-state index in [4.69, 9.17) is 11.5 Å². The molecular weight excluding hydrogens is 260 g/mol. The van der Waals surface area contributed by atoms with Crippen LogP contribution < -0.4 is 21.5 Å². The molecule has 0 bridgehead atoms. The van der Waals surface area contributed by atoms with Gasteiger partial charge in [0.05, 0.1) is 4.90 Å². The summed E-state index contributed by atoms with van der Waals surface area (Å²) in [4.78, 5) is 0.169. The maximum Gasteiger partial charge on any atom is 0.240 e. The number of anilines is 1. The second kappa shape index (κ2) is 5.80. The van der Waals surface area contributed by atoms with Crippen molar-refractivity contribution in [2.75, 3.05) is 18.8 Å². The molecule has 0 spiro atoms. The highest BCUT2D eigenvalue weighted by Gasteiger charge is 2.12. The highest BCUT2D eigenvalue weighted by atomic mass is 32.2. The number of sulfonamides is 1. The summed E-state index contributed by atoms with van der Waals surface area (Å²) in [6.45, 7) is 0.535. The molecule has 0 unspecified atom stereocenters. The predicted octanol–water partition coefficient (Wildman–Crippen LogP) is -0.620. The van der Waals surface area contributed by atoms with E-state index in [2.05, 4.69) is 22.3 Å². The third-order valence-electron chi connectivity index (χ3n) is 1.91. The summed E-state index contributed by atoms with van der Waals surface area (Å²) in [5.41, 5.74) is 11.2. The summed E-state index contributed by atoms with van der Waals surface area (Å²) in [5.74, 6) is 0. The first-order chi connectivity index (χ1) is 7.92. The molecule has 0 amide bonds. The lowest BCUT2D eigenvalue weighted by molar-refractivity contribution is 0.581. The van der Waals surface area contributed by atoms with Gasteiger partial charge in [-0.3, -0.25) is 0 Å². The average molecular weight is 274 g/mol. The number of nitrogens with one attached hydrogen (secondary N) is 2. The lowest BCUT2D eigenvalue weighted by Gasteiger charge is -2.07. The predicted molar refractivity (Wildman–Crippen MR) is 70.8 cm³/mol. The average Bonchev–Trinajstić information content (AvgIpc) is 2.25. The van der Waals surface area contributed by atoms with Crippen molar-refractivity contribution in [2.24, 2.45) is 5.73 Å². The van der Waals surface area contributed by atoms with Crippen molar-refractivity contribution in [3.05, 3.63) is 24.3 Å². The van der Waals surface area contributed by atoms with E-state index in [0.29, 0.717) is 12.2 Å². The van der Waals surface area contributed by atoms with Crippen LogP contribution in [0.5, 0.6) is 0 Å². The van der Waals surface area contributed by atoms with Gasteiger partial charge in [-0.05, 0) is 36.5 Å². The van der Waals surface area contributed by atoms with Gasteiger partial charge in [0.25, 0.3) is 0 Å². The molecule has 0 radical (unpaired) electrons. The van der Waals surface area contributed by atoms with Crippen LogP contribution in [0.4, 0.5) is 5.69 Å². The van der Waals surface area contributed by atoms with Gasteiger partial charge in [-0.25, -0.2) is 13.1 Å². The summed E-state index contributed by atoms with van der Waals surface area (Å²) >= 11 is 4.59. The lowest BCUT2D eigenvalue weighted by atomic mass is 10.3. The first-order valence-corrected chi connectivity index (χ1v) is 6.69. The van der Waals surface area contributed by atoms with Crippen molar-refractivity contribution in [1.82, 2.24) is 10.0 Å². The van der Waals surface area contributed by atoms with Crippen LogP contribution in [0, 0.1) is 0 Å². The molecular formula is C9H14N4O2S2. The van der Waals surface area contributed by atoms with Gasteiger partial charge in [-0.15, -0.1) is 0 Å². The van der Waals surface area contributed by atoms with E-state index in [1.807, 2.05) is 0 Å². The molecule has 0 saturated heterocycles. The van der Waals surface area contributed by atoms with Crippen molar-refractivity contribution < 1.29 is 8.42 Å². The van der Waals surface area contributed by atoms with Crippen molar-refractivity contribution in [2.45, 2.75) is 4.90 Å². The Bertz CT molecular complexity index is 484. The molecule has 17 heavy (non-hydrogen) atoms. The van der Waals surface area contributed by atoms with Crippen LogP contribution in [-0.4, -0.2) is 26.6 Å². The molecule has 0 aliphatic rings. The van der Waals surface area contributed by atoms with E-state index in [-0.39, 0.29) is 16.6 Å². The molecule has 0 fully saturated rings. The Balaban J connectivity index is 2.57. The Morgan fingerprint density at radius 2 is 1.82 bits per heavy atom. The van der Waals surface area contributed by atoms with Crippen LogP contribution in [-0.2, 0) is 10.0 Å². The van der Waals surface area contributed by atoms with Gasteiger partial charge in [0.15, 0.2) is 5.11 Å². The fourth-order valence-electron chi connectivity index (χ4n) is 1.10. The molecule has 0 saturated carbocycles. The molecule has 6 nitrogen and oxygen atoms in total. The Morgan fingerprint density at radius 1 is 1.24 bits per heavy atom. The summed E-state index contributed by atoms with van der Waals surface area (Å²) in [6, 6.07) is 5.95. The minimum Gasteiger partial charge on any atom is -0.399 e. The quantitative estimate of drug-likeness (QED) is 0.324. The minimum atomic E-state index is -3.50. The van der Waals surface area contributed by atoms with Gasteiger partial charge in [-0.1, -0.05) is 0 Å². The SMILES string of the molecule is NC(=S)NCCNS(=O)(=O)c1ccc(N)cc1. The molecule has 0 aliphatic carbocycles. The second-order valence-electron chi connectivity index (χ2n) is 3.26. The summed E-state index contributed by atoms with van der Waals surface area (Å²) in [5, 5.41) is 2.78. The maximum absolute atomic E-state index is 11.7. The Morgan fingerprint density at radius 3 is 2.35 bits per heavy atom. The number of nitrogens with two attached hydrogens (primary N) is 2. The molecule has 1 aromatic rings. The molecule has 6 N–H and O–H groups in total. The maximum atomic E-state index is 11.7. The summed E-state index contributed by atoms with van der Waals surface area (Å²) < 4.78 is 25.9. The molecule has 1 aromatic carbocycles. The van der Waals surface area contributed by atoms with Crippen LogP contribution in [0.15, 0.2) is 29.2 Å². The standard InChI is InChI=1S/C9H14N4O2S2/c10-7-1-3-8(4-2-7)17(14,15)13-6-5-12-9(11)16/h1-4,13H,5-6,10H2,(H3,11,12,16).